The van der Waals surface area contributed by atoms with E-state index in [0.29, 0.717) is 29.1 Å². The van der Waals surface area contributed by atoms with Crippen molar-refractivity contribution in [1.82, 2.24) is 20.0 Å². The predicted molar refractivity (Wildman–Crippen MR) is 85.6 cm³/mol. The smallest absolute Gasteiger partial charge is 0.272 e. The van der Waals surface area contributed by atoms with Crippen LogP contribution in [0.1, 0.15) is 41.7 Å². The van der Waals surface area contributed by atoms with E-state index in [4.69, 9.17) is 4.52 Å². The summed E-state index contributed by atoms with van der Waals surface area (Å²) in [5, 5.41) is 6.82. The molecule has 0 saturated carbocycles. The molecule has 0 spiro atoms. The van der Waals surface area contributed by atoms with Crippen LogP contribution in [-0.4, -0.2) is 39.0 Å². The average molecular weight is 315 g/mol. The van der Waals surface area contributed by atoms with E-state index in [2.05, 4.69) is 27.4 Å². The lowest BCUT2D eigenvalue weighted by molar-refractivity contribution is 0.0691. The summed E-state index contributed by atoms with van der Waals surface area (Å²) < 4.78 is 5.01. The molecule has 1 aliphatic rings. The quantitative estimate of drug-likeness (QED) is 0.937. The molecule has 3 heterocycles. The number of carbonyl (C=O) groups excluding carboxylic acids is 1. The van der Waals surface area contributed by atoms with Gasteiger partial charge in [0.05, 0.1) is 0 Å². The highest BCUT2D eigenvalue weighted by Gasteiger charge is 2.23. The first kappa shape index (κ1) is 15.5. The first-order chi connectivity index (χ1) is 11.0. The Hall–Kier alpha value is -2.44. The molecule has 2 aromatic rings. The van der Waals surface area contributed by atoms with Crippen LogP contribution in [0.5, 0.6) is 0 Å². The lowest BCUT2D eigenvalue weighted by Gasteiger charge is -2.30. The topological polar surface area (TPSA) is 84.2 Å². The fourth-order valence-corrected chi connectivity index (χ4v) is 2.65. The first-order valence-electron chi connectivity index (χ1n) is 7.86. The second kappa shape index (κ2) is 6.36. The van der Waals surface area contributed by atoms with Crippen molar-refractivity contribution in [3.8, 4) is 0 Å². The van der Waals surface area contributed by atoms with Crippen LogP contribution in [0.15, 0.2) is 16.7 Å². The van der Waals surface area contributed by atoms with Crippen LogP contribution in [0.3, 0.4) is 0 Å². The summed E-state index contributed by atoms with van der Waals surface area (Å²) in [6.07, 6.45) is 2.08. The minimum atomic E-state index is -0.0400. The number of hydrogen-bond acceptors (Lipinski definition) is 6. The van der Waals surface area contributed by atoms with Gasteiger partial charge in [0.25, 0.3) is 5.91 Å². The zero-order valence-electron chi connectivity index (χ0n) is 13.7. The molecule has 1 aliphatic heterocycles. The summed E-state index contributed by atoms with van der Waals surface area (Å²) in [5.74, 6) is 2.21. The Balaban J connectivity index is 1.78. The molecule has 0 radical (unpaired) electrons. The Bertz CT molecular complexity index is 704. The first-order valence-corrected chi connectivity index (χ1v) is 7.86. The number of nitrogens with one attached hydrogen (secondary N) is 1. The highest BCUT2D eigenvalue weighted by Crippen LogP contribution is 2.19. The van der Waals surface area contributed by atoms with E-state index in [0.717, 1.165) is 31.6 Å². The van der Waals surface area contributed by atoms with E-state index in [1.807, 2.05) is 18.7 Å². The van der Waals surface area contributed by atoms with Crippen molar-refractivity contribution in [2.24, 2.45) is 5.92 Å². The molecule has 23 heavy (non-hydrogen) atoms. The number of carbonyl (C=O) groups is 1. The van der Waals surface area contributed by atoms with E-state index in [9.17, 15) is 4.79 Å². The molecule has 1 fully saturated rings. The van der Waals surface area contributed by atoms with Crippen molar-refractivity contribution >= 4 is 17.7 Å². The lowest BCUT2D eigenvalue weighted by Crippen LogP contribution is -2.38. The van der Waals surface area contributed by atoms with Gasteiger partial charge in [0.2, 0.25) is 5.95 Å². The molecule has 0 bridgehead atoms. The van der Waals surface area contributed by atoms with Gasteiger partial charge in [-0.3, -0.25) is 4.79 Å². The number of likely N-dealkylation sites (tertiary alicyclic amines) is 1. The van der Waals surface area contributed by atoms with Crippen molar-refractivity contribution in [3.63, 3.8) is 0 Å². The Labute approximate surface area is 135 Å². The fourth-order valence-electron chi connectivity index (χ4n) is 2.65. The normalized spacial score (nSPS) is 15.7. The third kappa shape index (κ3) is 3.67. The summed E-state index contributed by atoms with van der Waals surface area (Å²) >= 11 is 0. The van der Waals surface area contributed by atoms with E-state index < -0.39 is 0 Å². The molecule has 0 aromatic carbocycles. The number of anilines is 2. The fraction of sp³-hybridized carbons (Fsp3) is 0.500. The number of aromatic nitrogens is 3. The molecule has 7 heteroatoms. The molecule has 3 rings (SSSR count). The number of rotatable bonds is 3. The van der Waals surface area contributed by atoms with Crippen molar-refractivity contribution < 1.29 is 9.32 Å². The van der Waals surface area contributed by atoms with Gasteiger partial charge in [0.15, 0.2) is 5.82 Å². The summed E-state index contributed by atoms with van der Waals surface area (Å²) in [4.78, 5) is 23.1. The van der Waals surface area contributed by atoms with Crippen LogP contribution in [0.4, 0.5) is 11.8 Å². The van der Waals surface area contributed by atoms with Crippen molar-refractivity contribution in [2.75, 3.05) is 18.4 Å². The summed E-state index contributed by atoms with van der Waals surface area (Å²) in [6, 6.07) is 3.47. The highest BCUT2D eigenvalue weighted by molar-refractivity contribution is 5.92. The largest absolute Gasteiger partial charge is 0.360 e. The van der Waals surface area contributed by atoms with Gasteiger partial charge in [-0.05, 0) is 38.7 Å². The van der Waals surface area contributed by atoms with Crippen LogP contribution in [0.2, 0.25) is 0 Å². The molecular formula is C16H21N5O2. The van der Waals surface area contributed by atoms with Gasteiger partial charge < -0.3 is 14.7 Å². The van der Waals surface area contributed by atoms with Gasteiger partial charge in [-0.2, -0.15) is 0 Å². The van der Waals surface area contributed by atoms with Gasteiger partial charge >= 0.3 is 0 Å². The summed E-state index contributed by atoms with van der Waals surface area (Å²) in [6.45, 7) is 7.44. The van der Waals surface area contributed by atoms with Crippen LogP contribution < -0.4 is 5.32 Å². The molecule has 0 atom stereocenters. The monoisotopic (exact) mass is 315 g/mol. The molecule has 7 nitrogen and oxygen atoms in total. The third-order valence-electron chi connectivity index (χ3n) is 4.01. The minimum absolute atomic E-state index is 0.0400. The molecule has 0 unspecified atom stereocenters. The number of hydrogen-bond donors (Lipinski definition) is 1. The highest BCUT2D eigenvalue weighted by atomic mass is 16.5. The summed E-state index contributed by atoms with van der Waals surface area (Å²) in [7, 11) is 0. The Kier molecular flexibility index (Phi) is 4.27. The Morgan fingerprint density at radius 1 is 1.26 bits per heavy atom. The molecule has 122 valence electrons. The average Bonchev–Trinajstić information content (AvgIpc) is 2.92. The number of piperidine rings is 1. The Morgan fingerprint density at radius 3 is 2.65 bits per heavy atom. The van der Waals surface area contributed by atoms with E-state index in [-0.39, 0.29) is 5.91 Å². The second-order valence-electron chi connectivity index (χ2n) is 6.14. The maximum absolute atomic E-state index is 12.6. The van der Waals surface area contributed by atoms with Crippen LogP contribution in [0, 0.1) is 19.8 Å². The molecule has 1 saturated heterocycles. The van der Waals surface area contributed by atoms with E-state index in [1.54, 1.807) is 12.1 Å². The maximum atomic E-state index is 12.6. The standard InChI is InChI=1S/C16H21N5O2/c1-10-4-6-21(7-5-10)15(22)13-8-11(2)17-16(18-13)19-14-9-12(3)23-20-14/h8-10H,4-7H2,1-3H3,(H,17,18,19,20). The summed E-state index contributed by atoms with van der Waals surface area (Å²) in [5.41, 5.74) is 1.14. The van der Waals surface area contributed by atoms with E-state index in [1.165, 1.54) is 0 Å². The second-order valence-corrected chi connectivity index (χ2v) is 6.14. The lowest BCUT2D eigenvalue weighted by atomic mass is 9.99. The maximum Gasteiger partial charge on any atom is 0.272 e. The molecule has 1 N–H and O–H groups in total. The van der Waals surface area contributed by atoms with Crippen molar-refractivity contribution in [3.05, 3.63) is 29.3 Å². The molecular weight excluding hydrogens is 294 g/mol. The number of aryl methyl sites for hydroxylation is 2. The van der Waals surface area contributed by atoms with Crippen LogP contribution in [0.25, 0.3) is 0 Å². The van der Waals surface area contributed by atoms with E-state index >= 15 is 0 Å². The van der Waals surface area contributed by atoms with Crippen molar-refractivity contribution in [1.29, 1.82) is 0 Å². The molecule has 2 aromatic heterocycles. The number of amides is 1. The molecule has 0 aliphatic carbocycles. The Morgan fingerprint density at radius 2 is 2.00 bits per heavy atom. The van der Waals surface area contributed by atoms with Gasteiger partial charge in [0.1, 0.15) is 11.5 Å². The van der Waals surface area contributed by atoms with Gasteiger partial charge in [-0.15, -0.1) is 0 Å². The molecule has 1 amide bonds. The van der Waals surface area contributed by atoms with Gasteiger partial charge in [0, 0.05) is 24.8 Å². The van der Waals surface area contributed by atoms with Gasteiger partial charge in [-0.1, -0.05) is 12.1 Å². The van der Waals surface area contributed by atoms with Crippen LogP contribution >= 0.6 is 0 Å². The van der Waals surface area contributed by atoms with Crippen molar-refractivity contribution in [2.45, 2.75) is 33.6 Å². The van der Waals surface area contributed by atoms with Crippen LogP contribution in [-0.2, 0) is 0 Å². The van der Waals surface area contributed by atoms with Gasteiger partial charge in [-0.25, -0.2) is 9.97 Å². The SMILES string of the molecule is Cc1cc(C(=O)N2CCC(C)CC2)nc(Nc2cc(C)on2)n1. The zero-order chi connectivity index (χ0) is 16.4. The predicted octanol–water partition coefficient (Wildman–Crippen LogP) is 2.70. The number of nitrogens with zero attached hydrogens (tertiary/aromatic N) is 4. The minimum Gasteiger partial charge on any atom is -0.360 e. The zero-order valence-corrected chi connectivity index (χ0v) is 13.7. The third-order valence-corrected chi connectivity index (χ3v) is 4.01.